The number of aromatic hydroxyl groups is 1. The smallest absolute Gasteiger partial charge is 0.310 e. The number of hydrogen-bond donors (Lipinski definition) is 1. The van der Waals surface area contributed by atoms with Crippen LogP contribution in [0.5, 0.6) is 5.75 Å². The van der Waals surface area contributed by atoms with E-state index in [0.717, 1.165) is 60.6 Å². The van der Waals surface area contributed by atoms with Crippen molar-refractivity contribution in [1.82, 2.24) is 4.57 Å². The molecule has 0 bridgehead atoms. The third-order valence-electron chi connectivity index (χ3n) is 6.50. The number of rotatable bonds is 7. The van der Waals surface area contributed by atoms with Crippen LogP contribution in [0, 0.1) is 18.3 Å². The summed E-state index contributed by atoms with van der Waals surface area (Å²) in [4.78, 5) is 2.45. The van der Waals surface area contributed by atoms with Crippen molar-refractivity contribution in [2.45, 2.75) is 51.6 Å². The number of benzene rings is 2. The summed E-state index contributed by atoms with van der Waals surface area (Å²) in [5.74, 6) is 0.830. The average Bonchev–Trinajstić information content (AvgIpc) is 3.17. The van der Waals surface area contributed by atoms with Gasteiger partial charge in [0.15, 0.2) is 0 Å². The molecule has 2 heterocycles. The summed E-state index contributed by atoms with van der Waals surface area (Å²) in [7, 11) is -0.300. The van der Waals surface area contributed by atoms with Gasteiger partial charge in [-0.2, -0.15) is 5.26 Å². The number of hydrogen-bond acceptors (Lipinski definition) is 4. The first kappa shape index (κ1) is 22.4. The maximum absolute atomic E-state index is 9.77. The second kappa shape index (κ2) is 9.80. The number of phenols is 1. The number of aromatic nitrogens is 1. The van der Waals surface area contributed by atoms with Crippen LogP contribution in [0.1, 0.15) is 35.4 Å². The van der Waals surface area contributed by atoms with E-state index in [1.807, 2.05) is 18.3 Å². The average molecular weight is 447 g/mol. The number of nitrogens with zero attached hydrogens (tertiary/aromatic N) is 3. The first-order valence-electron chi connectivity index (χ1n) is 11.4. The van der Waals surface area contributed by atoms with E-state index < -0.39 is 0 Å². The summed E-state index contributed by atoms with van der Waals surface area (Å²) in [5, 5.41) is 20.4. The number of ether oxygens (including phenoxy) is 1. The van der Waals surface area contributed by atoms with Crippen molar-refractivity contribution >= 4 is 25.4 Å². The minimum Gasteiger partial charge on any atom is -0.508 e. The molecule has 1 saturated heterocycles. The Kier molecular flexibility index (Phi) is 6.88. The molecule has 3 aromatic rings. The predicted octanol–water partition coefficient (Wildman–Crippen LogP) is 5.64. The summed E-state index contributed by atoms with van der Waals surface area (Å²) in [6.45, 7) is 9.87. The van der Waals surface area contributed by atoms with Crippen LogP contribution in [0.3, 0.4) is 0 Å². The predicted molar refractivity (Wildman–Crippen MR) is 132 cm³/mol. The molecular formula is C26H32N3O2Si+. The molecule has 0 radical (unpaired) electrons. The van der Waals surface area contributed by atoms with Crippen LogP contribution in [0.4, 0.5) is 5.69 Å². The largest absolute Gasteiger partial charge is 0.508 e. The van der Waals surface area contributed by atoms with Gasteiger partial charge >= 0.3 is 8.80 Å². The first-order valence-corrected chi connectivity index (χ1v) is 14.1. The maximum atomic E-state index is 9.77. The van der Waals surface area contributed by atoms with E-state index in [0.29, 0.717) is 18.4 Å². The van der Waals surface area contributed by atoms with Crippen molar-refractivity contribution < 1.29 is 9.84 Å². The molecule has 166 valence electrons. The summed E-state index contributed by atoms with van der Waals surface area (Å²) < 4.78 is 8.13. The number of aryl methyl sites for hydroxylation is 1. The lowest BCUT2D eigenvalue weighted by atomic mass is 9.89. The van der Waals surface area contributed by atoms with Gasteiger partial charge in [-0.05, 0) is 55.0 Å². The monoisotopic (exact) mass is 446 g/mol. The zero-order chi connectivity index (χ0) is 22.7. The van der Waals surface area contributed by atoms with Gasteiger partial charge < -0.3 is 19.3 Å². The quantitative estimate of drug-likeness (QED) is 0.377. The van der Waals surface area contributed by atoms with Gasteiger partial charge in [0.2, 0.25) is 0 Å². The lowest BCUT2D eigenvalue weighted by molar-refractivity contribution is 0.0906. The molecule has 0 saturated carbocycles. The Morgan fingerprint density at radius 3 is 2.50 bits per heavy atom. The van der Waals surface area contributed by atoms with E-state index in [2.05, 4.69) is 47.7 Å². The summed E-state index contributed by atoms with van der Waals surface area (Å²) >= 11 is 0. The third-order valence-corrected chi connectivity index (χ3v) is 7.71. The Hall–Kier alpha value is -2.75. The van der Waals surface area contributed by atoms with Crippen molar-refractivity contribution in [3.8, 4) is 11.8 Å². The van der Waals surface area contributed by atoms with E-state index in [1.54, 1.807) is 12.1 Å². The van der Waals surface area contributed by atoms with Crippen LogP contribution in [0.25, 0.3) is 10.9 Å². The van der Waals surface area contributed by atoms with E-state index >= 15 is 0 Å². The standard InChI is InChI=1S/C26H31N3O2Si/c1-19-4-9-24(28-12-10-21(11-13-28)20-5-7-23(30)8-6-20)26-25(19)22(16-27)17-29(26)18-31-14-15-32(2)3/h4-9,17,21H,10-15,18H2,1-3H3/p+1. The van der Waals surface area contributed by atoms with E-state index in [-0.39, 0.29) is 8.80 Å². The molecule has 0 atom stereocenters. The summed E-state index contributed by atoms with van der Waals surface area (Å²) in [6, 6.07) is 15.5. The molecule has 32 heavy (non-hydrogen) atoms. The molecule has 2 aromatic carbocycles. The Bertz CT molecular complexity index is 1110. The summed E-state index contributed by atoms with van der Waals surface area (Å²) in [6.07, 6.45) is 4.09. The maximum Gasteiger partial charge on any atom is 0.310 e. The zero-order valence-corrected chi connectivity index (χ0v) is 20.3. The van der Waals surface area contributed by atoms with Crippen molar-refractivity contribution in [2.75, 3.05) is 24.6 Å². The number of nitriles is 1. The minimum absolute atomic E-state index is 0.300. The molecule has 5 nitrogen and oxygen atoms in total. The summed E-state index contributed by atoms with van der Waals surface area (Å²) in [5.41, 5.74) is 5.45. The fourth-order valence-electron chi connectivity index (χ4n) is 4.68. The second-order valence-corrected chi connectivity index (χ2v) is 12.0. The number of piperidine rings is 1. The van der Waals surface area contributed by atoms with Gasteiger partial charge in [-0.25, -0.2) is 0 Å². The highest BCUT2D eigenvalue weighted by Gasteiger charge is 2.24. The fraction of sp³-hybridized carbons (Fsp3) is 0.423. The molecule has 1 aliphatic rings. The highest BCUT2D eigenvalue weighted by atomic mass is 28.3. The molecule has 1 fully saturated rings. The number of phenolic OH excluding ortho intramolecular Hbond substituents is 1. The molecule has 4 rings (SSSR count). The molecule has 6 heteroatoms. The molecule has 0 amide bonds. The number of fused-ring (bicyclic) bond motifs is 1. The molecule has 0 aliphatic carbocycles. The Morgan fingerprint density at radius 1 is 1.12 bits per heavy atom. The van der Waals surface area contributed by atoms with Crippen LogP contribution in [0.15, 0.2) is 42.6 Å². The van der Waals surface area contributed by atoms with Crippen molar-refractivity contribution in [2.24, 2.45) is 0 Å². The van der Waals surface area contributed by atoms with Crippen molar-refractivity contribution in [3.05, 3.63) is 59.3 Å². The highest BCUT2D eigenvalue weighted by Crippen LogP contribution is 2.37. The van der Waals surface area contributed by atoms with Gasteiger partial charge in [-0.15, -0.1) is 0 Å². The van der Waals surface area contributed by atoms with Crippen LogP contribution in [-0.4, -0.2) is 38.2 Å². The molecule has 0 spiro atoms. The van der Waals surface area contributed by atoms with Gasteiger partial charge in [0.25, 0.3) is 0 Å². The van der Waals surface area contributed by atoms with Crippen molar-refractivity contribution in [1.29, 1.82) is 5.26 Å². The molecule has 1 N–H and O–H groups in total. The van der Waals surface area contributed by atoms with Gasteiger partial charge in [-0.1, -0.05) is 18.2 Å². The van der Waals surface area contributed by atoms with E-state index in [1.165, 1.54) is 11.3 Å². The number of anilines is 1. The van der Waals surface area contributed by atoms with Gasteiger partial charge in [0.05, 0.1) is 42.5 Å². The Balaban J connectivity index is 1.58. The van der Waals surface area contributed by atoms with Gasteiger partial charge in [0.1, 0.15) is 18.5 Å². The normalized spacial score (nSPS) is 14.6. The van der Waals surface area contributed by atoms with Crippen LogP contribution < -0.4 is 4.90 Å². The first-order chi connectivity index (χ1) is 15.5. The minimum atomic E-state index is -0.300. The molecular weight excluding hydrogens is 414 g/mol. The highest BCUT2D eigenvalue weighted by molar-refractivity contribution is 6.55. The third kappa shape index (κ3) is 4.69. The Morgan fingerprint density at radius 2 is 1.84 bits per heavy atom. The van der Waals surface area contributed by atoms with Crippen molar-refractivity contribution in [3.63, 3.8) is 0 Å². The van der Waals surface area contributed by atoms with Crippen LogP contribution in [0.2, 0.25) is 19.1 Å². The molecule has 1 aromatic heterocycles. The lowest BCUT2D eigenvalue weighted by Gasteiger charge is -2.34. The van der Waals surface area contributed by atoms with Crippen LogP contribution in [-0.2, 0) is 11.5 Å². The zero-order valence-electron chi connectivity index (χ0n) is 19.3. The SMILES string of the molecule is Cc1ccc(N2CCC(c3ccc(O)cc3)CC2)c2c1c(C#N)cn2COCC[Si+](C)C. The van der Waals surface area contributed by atoms with Gasteiger partial charge in [-0.3, -0.25) is 0 Å². The second-order valence-electron chi connectivity index (χ2n) is 9.10. The van der Waals surface area contributed by atoms with E-state index in [4.69, 9.17) is 4.74 Å². The fourth-order valence-corrected chi connectivity index (χ4v) is 5.23. The van der Waals surface area contributed by atoms with E-state index in [9.17, 15) is 10.4 Å². The Labute approximate surface area is 192 Å². The van der Waals surface area contributed by atoms with Crippen LogP contribution >= 0.6 is 0 Å². The van der Waals surface area contributed by atoms with Gasteiger partial charge in [0, 0.05) is 24.7 Å². The molecule has 1 aliphatic heterocycles. The topological polar surface area (TPSA) is 61.4 Å². The molecule has 0 unspecified atom stereocenters. The lowest BCUT2D eigenvalue weighted by Crippen LogP contribution is -2.33.